The van der Waals surface area contributed by atoms with Crippen LogP contribution in [0.5, 0.6) is 0 Å². The van der Waals surface area contributed by atoms with Gasteiger partial charge < -0.3 is 10.6 Å². The fraction of sp³-hybridized carbons (Fsp3) is 0.300. The Bertz CT molecular complexity index is 609. The third-order valence-electron chi connectivity index (χ3n) is 3.85. The van der Waals surface area contributed by atoms with Gasteiger partial charge in [0.2, 0.25) is 0 Å². The Balaban J connectivity index is 2.28. The Labute approximate surface area is 143 Å². The van der Waals surface area contributed by atoms with Crippen molar-refractivity contribution in [1.29, 1.82) is 10.5 Å². The lowest BCUT2D eigenvalue weighted by Crippen LogP contribution is -2.36. The van der Waals surface area contributed by atoms with E-state index in [4.69, 9.17) is 10.5 Å². The molecule has 0 bridgehead atoms. The van der Waals surface area contributed by atoms with Crippen molar-refractivity contribution in [2.24, 2.45) is 0 Å². The van der Waals surface area contributed by atoms with Gasteiger partial charge in [0, 0.05) is 25.9 Å². The first kappa shape index (κ1) is 17.7. The van der Waals surface area contributed by atoms with E-state index in [0.29, 0.717) is 25.9 Å². The molecule has 2 unspecified atom stereocenters. The van der Waals surface area contributed by atoms with Gasteiger partial charge in [-0.15, -0.1) is 0 Å². The molecule has 2 atom stereocenters. The van der Waals surface area contributed by atoms with E-state index in [2.05, 4.69) is 47.0 Å². The zero-order valence-corrected chi connectivity index (χ0v) is 13.7. The highest BCUT2D eigenvalue weighted by molar-refractivity contribution is 5.27. The molecule has 0 saturated heterocycles. The molecule has 2 aromatic carbocycles. The van der Waals surface area contributed by atoms with Crippen LogP contribution in [0.2, 0.25) is 0 Å². The Morgan fingerprint density at radius 2 is 1.04 bits per heavy atom. The fourth-order valence-corrected chi connectivity index (χ4v) is 2.74. The summed E-state index contributed by atoms with van der Waals surface area (Å²) in [5.74, 6) is 0. The van der Waals surface area contributed by atoms with Crippen LogP contribution in [0.3, 0.4) is 0 Å². The maximum Gasteiger partial charge on any atom is 0.0635 e. The fourth-order valence-electron chi connectivity index (χ4n) is 2.74. The van der Waals surface area contributed by atoms with Gasteiger partial charge in [-0.05, 0) is 11.1 Å². The highest BCUT2D eigenvalue weighted by atomic mass is 15.0. The summed E-state index contributed by atoms with van der Waals surface area (Å²) in [4.78, 5) is 0. The van der Waals surface area contributed by atoms with Crippen molar-refractivity contribution in [3.05, 3.63) is 71.8 Å². The Morgan fingerprint density at radius 1 is 0.667 bits per heavy atom. The number of rotatable bonds is 9. The van der Waals surface area contributed by atoms with Crippen molar-refractivity contribution in [1.82, 2.24) is 10.6 Å². The number of hydrogen-bond donors (Lipinski definition) is 2. The summed E-state index contributed by atoms with van der Waals surface area (Å²) < 4.78 is 0. The maximum atomic E-state index is 8.84. The van der Waals surface area contributed by atoms with Gasteiger partial charge in [0.1, 0.15) is 0 Å². The van der Waals surface area contributed by atoms with Crippen molar-refractivity contribution in [3.8, 4) is 12.1 Å². The molecule has 0 aliphatic heterocycles. The third-order valence-corrected chi connectivity index (χ3v) is 3.85. The molecule has 0 spiro atoms. The summed E-state index contributed by atoms with van der Waals surface area (Å²) in [5, 5.41) is 24.7. The van der Waals surface area contributed by atoms with Crippen LogP contribution in [-0.4, -0.2) is 13.1 Å². The SMILES string of the molecule is N#CCCNC(c1ccccc1)C(NCCC#N)c1ccccc1. The molecule has 0 radical (unpaired) electrons. The van der Waals surface area contributed by atoms with Crippen LogP contribution in [0.4, 0.5) is 0 Å². The quantitative estimate of drug-likeness (QED) is 0.694. The molecule has 2 N–H and O–H groups in total. The van der Waals surface area contributed by atoms with Crippen LogP contribution in [0.1, 0.15) is 36.1 Å². The molecule has 0 heterocycles. The standard InChI is InChI=1S/C20H22N4/c21-13-7-15-23-19(17-9-3-1-4-10-17)20(24-16-8-14-22)18-11-5-2-6-12-18/h1-6,9-12,19-20,23-24H,7-8,15-16H2. The minimum atomic E-state index is 0.0284. The smallest absolute Gasteiger partial charge is 0.0635 e. The lowest BCUT2D eigenvalue weighted by molar-refractivity contribution is 0.390. The molecule has 2 aromatic rings. The Kier molecular flexibility index (Phi) is 7.50. The summed E-state index contributed by atoms with van der Waals surface area (Å²) >= 11 is 0. The van der Waals surface area contributed by atoms with E-state index in [1.807, 2.05) is 36.4 Å². The highest BCUT2D eigenvalue weighted by Gasteiger charge is 2.23. The minimum Gasteiger partial charge on any atom is -0.307 e. The van der Waals surface area contributed by atoms with Gasteiger partial charge in [0.25, 0.3) is 0 Å². The lowest BCUT2D eigenvalue weighted by atomic mass is 9.93. The molecule has 0 amide bonds. The number of nitriles is 2. The van der Waals surface area contributed by atoms with E-state index in [1.165, 1.54) is 0 Å². The molecule has 0 aliphatic carbocycles. The van der Waals surface area contributed by atoms with Gasteiger partial charge in [-0.3, -0.25) is 0 Å². The summed E-state index contributed by atoms with van der Waals surface area (Å²) in [7, 11) is 0. The zero-order valence-electron chi connectivity index (χ0n) is 13.7. The molecule has 2 rings (SSSR count). The average Bonchev–Trinajstić information content (AvgIpc) is 2.65. The molecular weight excluding hydrogens is 296 g/mol. The zero-order chi connectivity index (χ0) is 17.0. The van der Waals surface area contributed by atoms with Crippen LogP contribution >= 0.6 is 0 Å². The monoisotopic (exact) mass is 318 g/mol. The molecule has 24 heavy (non-hydrogen) atoms. The molecule has 122 valence electrons. The Morgan fingerprint density at radius 3 is 1.38 bits per heavy atom. The van der Waals surface area contributed by atoms with Gasteiger partial charge in [-0.25, -0.2) is 0 Å². The van der Waals surface area contributed by atoms with Crippen LogP contribution < -0.4 is 10.6 Å². The molecule has 0 saturated carbocycles. The van der Waals surface area contributed by atoms with Crippen molar-refractivity contribution in [2.45, 2.75) is 24.9 Å². The van der Waals surface area contributed by atoms with E-state index in [-0.39, 0.29) is 12.1 Å². The van der Waals surface area contributed by atoms with Gasteiger partial charge in [0.05, 0.1) is 24.2 Å². The van der Waals surface area contributed by atoms with Gasteiger partial charge in [-0.2, -0.15) is 10.5 Å². The van der Waals surface area contributed by atoms with Crippen molar-refractivity contribution >= 4 is 0 Å². The third kappa shape index (κ3) is 5.21. The van der Waals surface area contributed by atoms with Gasteiger partial charge in [-0.1, -0.05) is 60.7 Å². The second kappa shape index (κ2) is 10.2. The molecule has 4 nitrogen and oxygen atoms in total. The van der Waals surface area contributed by atoms with Crippen molar-refractivity contribution in [2.75, 3.05) is 13.1 Å². The Hall–Kier alpha value is -2.66. The first-order valence-electron chi connectivity index (χ1n) is 8.17. The molecule has 4 heteroatoms. The van der Waals surface area contributed by atoms with Crippen molar-refractivity contribution < 1.29 is 0 Å². The van der Waals surface area contributed by atoms with Crippen LogP contribution in [0, 0.1) is 22.7 Å². The second-order valence-corrected chi connectivity index (χ2v) is 5.50. The van der Waals surface area contributed by atoms with Crippen molar-refractivity contribution in [3.63, 3.8) is 0 Å². The largest absolute Gasteiger partial charge is 0.307 e. The maximum absolute atomic E-state index is 8.84. The van der Waals surface area contributed by atoms with E-state index >= 15 is 0 Å². The van der Waals surface area contributed by atoms with Gasteiger partial charge >= 0.3 is 0 Å². The van der Waals surface area contributed by atoms with Crippen LogP contribution in [0.15, 0.2) is 60.7 Å². The predicted molar refractivity (Wildman–Crippen MR) is 94.8 cm³/mol. The number of nitrogens with one attached hydrogen (secondary N) is 2. The molecule has 0 aromatic heterocycles. The van der Waals surface area contributed by atoms with Crippen LogP contribution in [0.25, 0.3) is 0 Å². The van der Waals surface area contributed by atoms with Gasteiger partial charge in [0.15, 0.2) is 0 Å². The summed E-state index contributed by atoms with van der Waals surface area (Å²) in [6.45, 7) is 1.25. The van der Waals surface area contributed by atoms with E-state index in [1.54, 1.807) is 0 Å². The normalized spacial score (nSPS) is 12.8. The summed E-state index contributed by atoms with van der Waals surface area (Å²) in [6, 6.07) is 24.8. The summed E-state index contributed by atoms with van der Waals surface area (Å²) in [5.41, 5.74) is 2.32. The summed E-state index contributed by atoms with van der Waals surface area (Å²) in [6.07, 6.45) is 0.923. The lowest BCUT2D eigenvalue weighted by Gasteiger charge is -2.30. The topological polar surface area (TPSA) is 71.6 Å². The minimum absolute atomic E-state index is 0.0284. The number of nitrogens with zero attached hydrogens (tertiary/aromatic N) is 2. The molecular formula is C20H22N4. The predicted octanol–water partition coefficient (Wildman–Crippen LogP) is 3.48. The first-order chi connectivity index (χ1) is 11.9. The average molecular weight is 318 g/mol. The second-order valence-electron chi connectivity index (χ2n) is 5.50. The highest BCUT2D eigenvalue weighted by Crippen LogP contribution is 2.28. The number of hydrogen-bond acceptors (Lipinski definition) is 4. The molecule has 0 fully saturated rings. The van der Waals surface area contributed by atoms with E-state index < -0.39 is 0 Å². The van der Waals surface area contributed by atoms with E-state index in [0.717, 1.165) is 11.1 Å². The first-order valence-corrected chi connectivity index (χ1v) is 8.17. The number of benzene rings is 2. The van der Waals surface area contributed by atoms with Crippen LogP contribution in [-0.2, 0) is 0 Å². The van der Waals surface area contributed by atoms with E-state index in [9.17, 15) is 0 Å². The molecule has 0 aliphatic rings.